The highest BCUT2D eigenvalue weighted by Gasteiger charge is 2.08. The molecule has 222 valence electrons. The Labute approximate surface area is 248 Å². The molecule has 0 heterocycles. The molecule has 0 N–H and O–H groups in total. The van der Waals surface area contributed by atoms with Gasteiger partial charge in [-0.05, 0) is 117 Å². The zero-order chi connectivity index (χ0) is 29.0. The van der Waals surface area contributed by atoms with Gasteiger partial charge in [-0.1, -0.05) is 98.0 Å². The molecular formula is C38H60N2. The van der Waals surface area contributed by atoms with E-state index in [0.29, 0.717) is 0 Å². The molecule has 2 rings (SSSR count). The lowest BCUT2D eigenvalue weighted by atomic mass is 9.94. The summed E-state index contributed by atoms with van der Waals surface area (Å²) in [5.74, 6) is 0. The summed E-state index contributed by atoms with van der Waals surface area (Å²) in [4.78, 5) is 9.90. The average molecular weight is 545 g/mol. The molecule has 0 aliphatic heterocycles. The fraction of sp³-hybridized carbons (Fsp3) is 0.632. The van der Waals surface area contributed by atoms with Crippen LogP contribution in [0.5, 0.6) is 0 Å². The van der Waals surface area contributed by atoms with Crippen LogP contribution in [0.3, 0.4) is 0 Å². The SMILES string of the molecule is CCCCCCCCc1cc(N=C(C)C=Nc2cc(CCCC)c(C)c(CCCCCC)c2)ccc1CCCC. The van der Waals surface area contributed by atoms with Gasteiger partial charge in [0.15, 0.2) is 0 Å². The second kappa shape index (κ2) is 20.6. The van der Waals surface area contributed by atoms with Crippen LogP contribution < -0.4 is 0 Å². The Bertz CT molecular complexity index is 1030. The highest BCUT2D eigenvalue weighted by atomic mass is 14.8. The van der Waals surface area contributed by atoms with Crippen molar-refractivity contribution in [3.05, 3.63) is 58.1 Å². The van der Waals surface area contributed by atoms with E-state index in [2.05, 4.69) is 71.9 Å². The van der Waals surface area contributed by atoms with Crippen molar-refractivity contribution in [3.8, 4) is 0 Å². The minimum atomic E-state index is 0.965. The number of nitrogens with zero attached hydrogens (tertiary/aromatic N) is 2. The zero-order valence-corrected chi connectivity index (χ0v) is 27.1. The smallest absolute Gasteiger partial charge is 0.0636 e. The lowest BCUT2D eigenvalue weighted by Crippen LogP contribution is -1.98. The minimum Gasteiger partial charge on any atom is -0.255 e. The number of rotatable bonds is 21. The van der Waals surface area contributed by atoms with Gasteiger partial charge in [-0.3, -0.25) is 9.98 Å². The fourth-order valence-electron chi connectivity index (χ4n) is 5.55. The summed E-state index contributed by atoms with van der Waals surface area (Å²) < 4.78 is 0. The van der Waals surface area contributed by atoms with Crippen molar-refractivity contribution in [2.75, 3.05) is 0 Å². The lowest BCUT2D eigenvalue weighted by molar-refractivity contribution is 0.606. The zero-order valence-electron chi connectivity index (χ0n) is 27.1. The summed E-state index contributed by atoms with van der Waals surface area (Å²) >= 11 is 0. The van der Waals surface area contributed by atoms with Crippen molar-refractivity contribution in [2.24, 2.45) is 9.98 Å². The summed E-state index contributed by atoms with van der Waals surface area (Å²) in [7, 11) is 0. The van der Waals surface area contributed by atoms with Gasteiger partial charge in [-0.15, -0.1) is 0 Å². The predicted molar refractivity (Wildman–Crippen MR) is 181 cm³/mol. The van der Waals surface area contributed by atoms with Crippen LogP contribution >= 0.6 is 0 Å². The standard InChI is InChI=1S/C38H60N2/c1-7-11-15-17-18-20-24-36-29-37(26-25-33(36)21-13-9-3)40-31(5)30-39-38-27-34(22-14-10-4)32(6)35(28-38)23-19-16-12-8-2/h25-30H,7-24H2,1-6H3. The lowest BCUT2D eigenvalue weighted by Gasteiger charge is -2.13. The molecule has 2 aromatic carbocycles. The molecule has 0 aliphatic rings. The van der Waals surface area contributed by atoms with Crippen molar-refractivity contribution in [1.82, 2.24) is 0 Å². The third-order valence-electron chi connectivity index (χ3n) is 8.20. The summed E-state index contributed by atoms with van der Waals surface area (Å²) in [5.41, 5.74) is 10.6. The van der Waals surface area contributed by atoms with Gasteiger partial charge < -0.3 is 0 Å². The normalized spacial score (nSPS) is 12.1. The Morgan fingerprint density at radius 2 is 1.02 bits per heavy atom. The largest absolute Gasteiger partial charge is 0.255 e. The van der Waals surface area contributed by atoms with Crippen molar-refractivity contribution in [2.45, 2.75) is 157 Å². The molecule has 2 heteroatoms. The van der Waals surface area contributed by atoms with Crippen LogP contribution in [0.1, 0.15) is 152 Å². The van der Waals surface area contributed by atoms with Crippen LogP contribution in [-0.2, 0) is 25.7 Å². The Morgan fingerprint density at radius 1 is 0.550 bits per heavy atom. The molecule has 0 bridgehead atoms. The van der Waals surface area contributed by atoms with Crippen LogP contribution in [0.25, 0.3) is 0 Å². The number of unbranched alkanes of at least 4 members (excludes halogenated alkanes) is 10. The number of aryl methyl sites for hydroxylation is 4. The maximum atomic E-state index is 4.97. The first-order valence-electron chi connectivity index (χ1n) is 16.9. The minimum absolute atomic E-state index is 0.965. The Balaban J connectivity index is 2.18. The van der Waals surface area contributed by atoms with Crippen LogP contribution in [0.2, 0.25) is 0 Å². The molecule has 0 saturated carbocycles. The van der Waals surface area contributed by atoms with E-state index in [-0.39, 0.29) is 0 Å². The van der Waals surface area contributed by atoms with E-state index in [0.717, 1.165) is 29.9 Å². The van der Waals surface area contributed by atoms with E-state index in [1.165, 1.54) is 131 Å². The van der Waals surface area contributed by atoms with Gasteiger partial charge in [0.2, 0.25) is 0 Å². The maximum absolute atomic E-state index is 4.97. The molecule has 0 unspecified atom stereocenters. The number of aliphatic imine (C=N–C) groups is 2. The highest BCUT2D eigenvalue weighted by molar-refractivity contribution is 6.30. The Morgan fingerprint density at radius 3 is 1.65 bits per heavy atom. The molecule has 0 aromatic heterocycles. The molecule has 0 amide bonds. The van der Waals surface area contributed by atoms with Gasteiger partial charge >= 0.3 is 0 Å². The van der Waals surface area contributed by atoms with Crippen molar-refractivity contribution in [1.29, 1.82) is 0 Å². The Kier molecular flexibility index (Phi) is 17.5. The molecule has 0 spiro atoms. The quantitative estimate of drug-likeness (QED) is 0.110. The van der Waals surface area contributed by atoms with Crippen molar-refractivity contribution >= 4 is 23.3 Å². The van der Waals surface area contributed by atoms with E-state index < -0.39 is 0 Å². The van der Waals surface area contributed by atoms with Crippen LogP contribution in [0.4, 0.5) is 11.4 Å². The van der Waals surface area contributed by atoms with Gasteiger partial charge in [0.1, 0.15) is 0 Å². The molecule has 2 nitrogen and oxygen atoms in total. The molecule has 0 fully saturated rings. The number of hydrogen-bond donors (Lipinski definition) is 0. The molecular weight excluding hydrogens is 484 g/mol. The van der Waals surface area contributed by atoms with Crippen molar-refractivity contribution in [3.63, 3.8) is 0 Å². The third-order valence-corrected chi connectivity index (χ3v) is 8.20. The predicted octanol–water partition coefficient (Wildman–Crippen LogP) is 12.2. The van der Waals surface area contributed by atoms with Crippen LogP contribution in [0.15, 0.2) is 40.3 Å². The van der Waals surface area contributed by atoms with E-state index in [9.17, 15) is 0 Å². The molecule has 40 heavy (non-hydrogen) atoms. The van der Waals surface area contributed by atoms with Crippen LogP contribution in [0, 0.1) is 6.92 Å². The second-order valence-corrected chi connectivity index (χ2v) is 11.9. The van der Waals surface area contributed by atoms with E-state index in [1.807, 2.05) is 6.21 Å². The summed E-state index contributed by atoms with van der Waals surface area (Å²) in [5, 5.41) is 0. The van der Waals surface area contributed by atoms with Gasteiger partial charge in [-0.25, -0.2) is 0 Å². The van der Waals surface area contributed by atoms with E-state index >= 15 is 0 Å². The molecule has 2 aromatic rings. The monoisotopic (exact) mass is 544 g/mol. The Hall–Kier alpha value is -2.22. The van der Waals surface area contributed by atoms with Crippen LogP contribution in [-0.4, -0.2) is 11.9 Å². The van der Waals surface area contributed by atoms with E-state index in [4.69, 9.17) is 9.98 Å². The number of benzene rings is 2. The molecule has 0 radical (unpaired) electrons. The van der Waals surface area contributed by atoms with Crippen molar-refractivity contribution < 1.29 is 0 Å². The summed E-state index contributed by atoms with van der Waals surface area (Å²) in [6.45, 7) is 13.5. The topological polar surface area (TPSA) is 24.7 Å². The van der Waals surface area contributed by atoms with Gasteiger partial charge in [0.05, 0.1) is 17.1 Å². The van der Waals surface area contributed by atoms with E-state index in [1.54, 1.807) is 0 Å². The first kappa shape index (κ1) is 34.0. The first-order chi connectivity index (χ1) is 19.5. The molecule has 0 aliphatic carbocycles. The maximum Gasteiger partial charge on any atom is 0.0636 e. The molecule has 0 atom stereocenters. The van der Waals surface area contributed by atoms with Gasteiger partial charge in [0, 0.05) is 6.21 Å². The number of hydrogen-bond acceptors (Lipinski definition) is 2. The average Bonchev–Trinajstić information content (AvgIpc) is 2.96. The fourth-order valence-corrected chi connectivity index (χ4v) is 5.55. The van der Waals surface area contributed by atoms with Gasteiger partial charge in [-0.2, -0.15) is 0 Å². The second-order valence-electron chi connectivity index (χ2n) is 11.9. The first-order valence-corrected chi connectivity index (χ1v) is 16.9. The summed E-state index contributed by atoms with van der Waals surface area (Å²) in [6, 6.07) is 11.5. The highest BCUT2D eigenvalue weighted by Crippen LogP contribution is 2.26. The molecule has 0 saturated heterocycles. The van der Waals surface area contributed by atoms with Gasteiger partial charge in [0.25, 0.3) is 0 Å². The third kappa shape index (κ3) is 13.0. The summed E-state index contributed by atoms with van der Waals surface area (Å²) in [6.07, 6.45) is 24.8.